The number of nitriles is 2. The maximum absolute atomic E-state index is 9.92. The summed E-state index contributed by atoms with van der Waals surface area (Å²) in [4.78, 5) is 0. The van der Waals surface area contributed by atoms with Crippen molar-refractivity contribution in [2.45, 2.75) is 88.9 Å². The van der Waals surface area contributed by atoms with Gasteiger partial charge in [0.1, 0.15) is 0 Å². The fourth-order valence-corrected chi connectivity index (χ4v) is 15.0. The summed E-state index contributed by atoms with van der Waals surface area (Å²) in [5, 5.41) is 25.3. The summed E-state index contributed by atoms with van der Waals surface area (Å²) in [6.07, 6.45) is 20.5. The van der Waals surface area contributed by atoms with Crippen LogP contribution in [0.2, 0.25) is 0 Å². The van der Waals surface area contributed by atoms with Crippen molar-refractivity contribution >= 4 is 27.1 Å². The number of hydrogen-bond donors (Lipinski definition) is 0. The van der Waals surface area contributed by atoms with Crippen molar-refractivity contribution in [2.24, 2.45) is 47.3 Å². The number of benzene rings is 4. The van der Waals surface area contributed by atoms with Crippen molar-refractivity contribution in [3.05, 3.63) is 135 Å². The van der Waals surface area contributed by atoms with Crippen LogP contribution in [0.4, 0.5) is 0 Å². The molecule has 5 fully saturated rings. The number of allylic oxidation sites excluding steroid dienone is 8. The maximum Gasteiger partial charge on any atom is 0.0991 e. The Morgan fingerprint density at radius 3 is 2.13 bits per heavy atom. The van der Waals surface area contributed by atoms with Crippen molar-refractivity contribution in [1.29, 1.82) is 10.5 Å². The van der Waals surface area contributed by atoms with Crippen molar-refractivity contribution in [1.82, 2.24) is 0 Å². The van der Waals surface area contributed by atoms with Crippen LogP contribution in [-0.4, -0.2) is 0 Å². The smallest absolute Gasteiger partial charge is 0.0991 e. The van der Waals surface area contributed by atoms with Crippen LogP contribution >= 0.6 is 0 Å². The molecule has 0 N–H and O–H groups in total. The predicted molar refractivity (Wildman–Crippen MR) is 217 cm³/mol. The van der Waals surface area contributed by atoms with E-state index in [4.69, 9.17) is 0 Å². The SMILES string of the molecule is N#CC1=CC=C(C2=C3CC4C(CC3=C(c3ccc(C#N)cc3)C3c5cc6ccccc6c6cccc(c56)C23)C2CCCC3C5CCCCC5CC4C32)CC1. The molecule has 0 spiro atoms. The Bertz CT molecular complexity index is 2490. The second kappa shape index (κ2) is 11.9. The number of hydrogen-bond acceptors (Lipinski definition) is 2. The lowest BCUT2D eigenvalue weighted by molar-refractivity contribution is -0.0245. The topological polar surface area (TPSA) is 47.6 Å². The summed E-state index contributed by atoms with van der Waals surface area (Å²) in [5.41, 5.74) is 13.9. The molecule has 0 aliphatic heterocycles. The van der Waals surface area contributed by atoms with E-state index < -0.39 is 0 Å². The van der Waals surface area contributed by atoms with Crippen molar-refractivity contribution in [3.63, 3.8) is 0 Å². The molecule has 0 aromatic heterocycles. The van der Waals surface area contributed by atoms with Gasteiger partial charge >= 0.3 is 0 Å². The second-order valence-electron chi connectivity index (χ2n) is 18.6. The molecule has 4 aromatic carbocycles. The Hall–Kier alpha value is -4.66. The van der Waals surface area contributed by atoms with E-state index in [-0.39, 0.29) is 11.8 Å². The minimum absolute atomic E-state index is 0.223. The van der Waals surface area contributed by atoms with E-state index in [0.717, 1.165) is 71.3 Å². The lowest BCUT2D eigenvalue weighted by Crippen LogP contribution is -2.44. The Morgan fingerprint density at radius 1 is 0.574 bits per heavy atom. The van der Waals surface area contributed by atoms with E-state index in [9.17, 15) is 10.5 Å². The molecule has 0 saturated heterocycles. The summed E-state index contributed by atoms with van der Waals surface area (Å²) in [5.74, 6) is 7.65. The first-order valence-electron chi connectivity index (χ1n) is 21.4. The van der Waals surface area contributed by atoms with E-state index in [2.05, 4.69) is 97.1 Å². The maximum atomic E-state index is 9.92. The molecule has 12 rings (SSSR count). The fourth-order valence-electron chi connectivity index (χ4n) is 15.0. The number of fused-ring (bicyclic) bond motifs is 11. The van der Waals surface area contributed by atoms with E-state index >= 15 is 0 Å². The molecular weight excluding hydrogens is 653 g/mol. The highest BCUT2D eigenvalue weighted by Crippen LogP contribution is 2.71. The van der Waals surface area contributed by atoms with Gasteiger partial charge in [0.25, 0.3) is 0 Å². The van der Waals surface area contributed by atoms with Crippen molar-refractivity contribution < 1.29 is 0 Å². The normalized spacial score (nSPS) is 34.6. The van der Waals surface area contributed by atoms with Crippen LogP contribution in [0.5, 0.6) is 0 Å². The summed E-state index contributed by atoms with van der Waals surface area (Å²) in [6.45, 7) is 0. The summed E-state index contributed by atoms with van der Waals surface area (Å²) < 4.78 is 0. The number of rotatable bonds is 2. The standard InChI is InChI=1S/C52H48N2/c53-27-29-15-19-31(20-16-29)47-45-26-42-41(39-13-5-11-37-35-9-3-1-7-33(35)23-43(42)49(37)39)25-44(45)48(32-21-17-30(28-54)18-22-32)52-46-24-34-8-2-4-10-36(34)38-12-6-14-40(50(38)46)51(47)52/h2,4,6,8,10,12,14-15,17-19,21-22,24,33,35,37,39,41-43,49,51-52H,1,3,5,7,9,11,13,16,20,23,25-26H2. The Labute approximate surface area is 320 Å². The summed E-state index contributed by atoms with van der Waals surface area (Å²) in [7, 11) is 0. The Kier molecular flexibility index (Phi) is 6.99. The molecule has 0 bridgehead atoms. The van der Waals surface area contributed by atoms with Gasteiger partial charge in [-0.2, -0.15) is 10.5 Å². The van der Waals surface area contributed by atoms with E-state index in [1.54, 1.807) is 22.3 Å². The molecule has 0 amide bonds. The molecule has 2 heteroatoms. The molecule has 2 nitrogen and oxygen atoms in total. The van der Waals surface area contributed by atoms with E-state index in [1.807, 2.05) is 0 Å². The first kappa shape index (κ1) is 31.7. The first-order valence-corrected chi connectivity index (χ1v) is 21.4. The van der Waals surface area contributed by atoms with E-state index in [0.29, 0.717) is 0 Å². The van der Waals surface area contributed by atoms with Gasteiger partial charge in [0.2, 0.25) is 0 Å². The van der Waals surface area contributed by atoms with Crippen LogP contribution in [0, 0.1) is 70.0 Å². The van der Waals surface area contributed by atoms with Gasteiger partial charge in [0, 0.05) is 17.4 Å². The minimum Gasteiger partial charge on any atom is -0.193 e. The zero-order valence-corrected chi connectivity index (χ0v) is 31.2. The zero-order chi connectivity index (χ0) is 35.7. The molecule has 8 aliphatic rings. The van der Waals surface area contributed by atoms with Crippen LogP contribution in [0.3, 0.4) is 0 Å². The third kappa shape index (κ3) is 4.32. The van der Waals surface area contributed by atoms with Gasteiger partial charge in [-0.1, -0.05) is 86.4 Å². The molecule has 5 saturated carbocycles. The van der Waals surface area contributed by atoms with Gasteiger partial charge in [0.05, 0.1) is 17.7 Å². The monoisotopic (exact) mass is 700 g/mol. The van der Waals surface area contributed by atoms with Crippen molar-refractivity contribution in [2.75, 3.05) is 0 Å². The van der Waals surface area contributed by atoms with Crippen molar-refractivity contribution in [3.8, 4) is 12.1 Å². The van der Waals surface area contributed by atoms with Gasteiger partial charge < -0.3 is 0 Å². The molecule has 54 heavy (non-hydrogen) atoms. The first-order chi connectivity index (χ1) is 26.7. The summed E-state index contributed by atoms with van der Waals surface area (Å²) >= 11 is 0. The van der Waals surface area contributed by atoms with Crippen LogP contribution in [0.15, 0.2) is 113 Å². The largest absolute Gasteiger partial charge is 0.193 e. The van der Waals surface area contributed by atoms with Crippen LogP contribution in [0.1, 0.15) is 111 Å². The number of nitrogens with zero attached hydrogens (tertiary/aromatic N) is 2. The average molecular weight is 701 g/mol. The highest BCUT2D eigenvalue weighted by atomic mass is 14.7. The molecule has 8 aliphatic carbocycles. The van der Waals surface area contributed by atoms with Gasteiger partial charge in [0.15, 0.2) is 0 Å². The molecule has 0 radical (unpaired) electrons. The Morgan fingerprint density at radius 2 is 1.31 bits per heavy atom. The molecule has 10 atom stereocenters. The second-order valence-corrected chi connectivity index (χ2v) is 18.6. The van der Waals surface area contributed by atoms with Crippen LogP contribution in [0.25, 0.3) is 27.1 Å². The van der Waals surface area contributed by atoms with Gasteiger partial charge in [-0.3, -0.25) is 0 Å². The Balaban J connectivity index is 1.12. The highest BCUT2D eigenvalue weighted by molar-refractivity contribution is 6.13. The quantitative estimate of drug-likeness (QED) is 0.195. The van der Waals surface area contributed by atoms with Gasteiger partial charge in [-0.25, -0.2) is 0 Å². The van der Waals surface area contributed by atoms with Crippen LogP contribution < -0.4 is 0 Å². The third-order valence-corrected chi connectivity index (χ3v) is 16.7. The lowest BCUT2D eigenvalue weighted by atomic mass is 9.53. The third-order valence-electron chi connectivity index (χ3n) is 16.7. The highest BCUT2D eigenvalue weighted by Gasteiger charge is 2.61. The molecule has 4 aromatic rings. The zero-order valence-electron chi connectivity index (χ0n) is 31.2. The van der Waals surface area contributed by atoms with E-state index in [1.165, 1.54) is 108 Å². The van der Waals surface area contributed by atoms with Crippen LogP contribution in [-0.2, 0) is 0 Å². The summed E-state index contributed by atoms with van der Waals surface area (Å²) in [6, 6.07) is 32.3. The van der Waals surface area contributed by atoms with Gasteiger partial charge in [-0.15, -0.1) is 0 Å². The molecular formula is C52H48N2. The fraction of sp³-hybridized carbons (Fsp3) is 0.423. The predicted octanol–water partition coefficient (Wildman–Crippen LogP) is 12.9. The molecule has 10 unspecified atom stereocenters. The molecule has 266 valence electrons. The lowest BCUT2D eigenvalue weighted by Gasteiger charge is -2.52. The minimum atomic E-state index is 0.223. The van der Waals surface area contributed by atoms with Gasteiger partial charge in [-0.05, 0) is 189 Å². The average Bonchev–Trinajstić information content (AvgIpc) is 3.72. The molecule has 0 heterocycles.